The second-order valence-electron chi connectivity index (χ2n) is 4.31. The first-order valence-electron chi connectivity index (χ1n) is 6.58. The molecule has 110 valence electrons. The Morgan fingerprint density at radius 1 is 1.05 bits per heavy atom. The monoisotopic (exact) mass is 322 g/mol. The number of hydrogen-bond donors (Lipinski definition) is 0. The molecule has 0 aromatic heterocycles. The first-order valence-corrected chi connectivity index (χ1v) is 7.34. The van der Waals surface area contributed by atoms with Crippen LogP contribution in [0.2, 0.25) is 10.0 Å². The normalized spacial score (nSPS) is 10.9. The number of hydrogen-bond acceptors (Lipinski definition) is 2. The molecule has 0 aliphatic rings. The highest BCUT2D eigenvalue weighted by Crippen LogP contribution is 2.33. The van der Waals surface area contributed by atoms with E-state index in [-0.39, 0.29) is 0 Å². The summed E-state index contributed by atoms with van der Waals surface area (Å²) in [4.78, 5) is 0. The van der Waals surface area contributed by atoms with Crippen molar-refractivity contribution in [3.63, 3.8) is 0 Å². The summed E-state index contributed by atoms with van der Waals surface area (Å²) < 4.78 is 10.9. The van der Waals surface area contributed by atoms with Crippen LogP contribution in [-0.4, -0.2) is 13.7 Å². The van der Waals surface area contributed by atoms with Crippen molar-refractivity contribution < 1.29 is 9.47 Å². The van der Waals surface area contributed by atoms with Gasteiger partial charge in [0.25, 0.3) is 0 Å². The number of rotatable bonds is 5. The first-order chi connectivity index (χ1) is 10.2. The lowest BCUT2D eigenvalue weighted by Crippen LogP contribution is -1.93. The fraction of sp³-hybridized carbons (Fsp3) is 0.176. The molecule has 0 saturated heterocycles. The SMILES string of the molecule is CCOc1ccccc1/C=C/c1cc(Cl)cc(Cl)c1OC. The quantitative estimate of drug-likeness (QED) is 0.670. The molecule has 0 unspecified atom stereocenters. The van der Waals surface area contributed by atoms with Crippen molar-refractivity contribution >= 4 is 35.4 Å². The van der Waals surface area contributed by atoms with Crippen LogP contribution in [0.5, 0.6) is 11.5 Å². The molecule has 0 bridgehead atoms. The molecule has 0 amide bonds. The molecule has 4 heteroatoms. The number of halogens is 2. The van der Waals surface area contributed by atoms with E-state index < -0.39 is 0 Å². The average molecular weight is 323 g/mol. The molecule has 0 fully saturated rings. The molecule has 0 aliphatic carbocycles. The van der Waals surface area contributed by atoms with Crippen LogP contribution in [0, 0.1) is 0 Å². The summed E-state index contributed by atoms with van der Waals surface area (Å²) in [6, 6.07) is 11.3. The van der Waals surface area contributed by atoms with Gasteiger partial charge in [0.05, 0.1) is 18.7 Å². The Morgan fingerprint density at radius 2 is 1.76 bits per heavy atom. The van der Waals surface area contributed by atoms with Crippen molar-refractivity contribution in [2.75, 3.05) is 13.7 Å². The lowest BCUT2D eigenvalue weighted by molar-refractivity contribution is 0.339. The fourth-order valence-electron chi connectivity index (χ4n) is 2.00. The molecule has 2 nitrogen and oxygen atoms in total. The minimum Gasteiger partial charge on any atom is -0.495 e. The van der Waals surface area contributed by atoms with Gasteiger partial charge >= 0.3 is 0 Å². The minimum absolute atomic E-state index is 0.489. The van der Waals surface area contributed by atoms with Crippen molar-refractivity contribution in [1.29, 1.82) is 0 Å². The van der Waals surface area contributed by atoms with Gasteiger partial charge in [0.2, 0.25) is 0 Å². The van der Waals surface area contributed by atoms with Crippen LogP contribution in [0.25, 0.3) is 12.2 Å². The predicted molar refractivity (Wildman–Crippen MR) is 89.6 cm³/mol. The van der Waals surface area contributed by atoms with Gasteiger partial charge < -0.3 is 9.47 Å². The summed E-state index contributed by atoms with van der Waals surface area (Å²) in [5, 5.41) is 1.06. The van der Waals surface area contributed by atoms with E-state index in [1.165, 1.54) is 0 Å². The Morgan fingerprint density at radius 3 is 2.48 bits per heavy atom. The summed E-state index contributed by atoms with van der Waals surface area (Å²) >= 11 is 12.2. The van der Waals surface area contributed by atoms with Gasteiger partial charge in [-0.1, -0.05) is 53.6 Å². The van der Waals surface area contributed by atoms with E-state index in [1.807, 2.05) is 49.4 Å². The number of ether oxygens (including phenoxy) is 2. The van der Waals surface area contributed by atoms with Crippen LogP contribution in [0.15, 0.2) is 36.4 Å². The summed E-state index contributed by atoms with van der Waals surface area (Å²) in [6.07, 6.45) is 3.87. The highest BCUT2D eigenvalue weighted by molar-refractivity contribution is 6.36. The van der Waals surface area contributed by atoms with Gasteiger partial charge in [-0.25, -0.2) is 0 Å². The van der Waals surface area contributed by atoms with E-state index in [0.29, 0.717) is 22.4 Å². The first kappa shape index (κ1) is 15.7. The van der Waals surface area contributed by atoms with E-state index in [9.17, 15) is 0 Å². The van der Waals surface area contributed by atoms with Crippen molar-refractivity contribution in [2.45, 2.75) is 6.92 Å². The van der Waals surface area contributed by atoms with Crippen LogP contribution in [-0.2, 0) is 0 Å². The van der Waals surface area contributed by atoms with Gasteiger partial charge in [0.1, 0.15) is 11.5 Å². The zero-order valence-electron chi connectivity index (χ0n) is 11.9. The van der Waals surface area contributed by atoms with Gasteiger partial charge in [-0.3, -0.25) is 0 Å². The Kier molecular flexibility index (Phi) is 5.54. The molecule has 0 aliphatic heterocycles. The molecule has 0 heterocycles. The van der Waals surface area contributed by atoms with Crippen molar-refractivity contribution in [3.05, 3.63) is 57.6 Å². The molecule has 2 aromatic carbocycles. The van der Waals surface area contributed by atoms with Gasteiger partial charge in [0, 0.05) is 16.1 Å². The Bertz CT molecular complexity index is 651. The highest BCUT2D eigenvalue weighted by atomic mass is 35.5. The van der Waals surface area contributed by atoms with E-state index in [2.05, 4.69) is 0 Å². The van der Waals surface area contributed by atoms with Crippen LogP contribution in [0.1, 0.15) is 18.1 Å². The summed E-state index contributed by atoms with van der Waals surface area (Å²) in [5.74, 6) is 1.44. The molecule has 2 rings (SSSR count). The van der Waals surface area contributed by atoms with Gasteiger partial charge in [0.15, 0.2) is 0 Å². The Balaban J connectivity index is 2.38. The highest BCUT2D eigenvalue weighted by Gasteiger charge is 2.07. The molecular weight excluding hydrogens is 307 g/mol. The van der Waals surface area contributed by atoms with E-state index in [4.69, 9.17) is 32.7 Å². The number of methoxy groups -OCH3 is 1. The maximum atomic E-state index is 6.13. The van der Waals surface area contributed by atoms with Gasteiger partial charge in [-0.2, -0.15) is 0 Å². The largest absolute Gasteiger partial charge is 0.495 e. The van der Waals surface area contributed by atoms with Crippen LogP contribution in [0.3, 0.4) is 0 Å². The fourth-order valence-corrected chi connectivity index (χ4v) is 2.59. The van der Waals surface area contributed by atoms with E-state index in [1.54, 1.807) is 13.2 Å². The smallest absolute Gasteiger partial charge is 0.144 e. The molecule has 2 aromatic rings. The molecule has 0 spiro atoms. The second-order valence-corrected chi connectivity index (χ2v) is 5.16. The molecule has 0 N–H and O–H groups in total. The Hall–Kier alpha value is -1.64. The van der Waals surface area contributed by atoms with E-state index >= 15 is 0 Å². The molecular formula is C17H16Cl2O2. The van der Waals surface area contributed by atoms with Crippen LogP contribution >= 0.6 is 23.2 Å². The summed E-state index contributed by atoms with van der Waals surface area (Å²) in [7, 11) is 1.58. The molecule has 0 radical (unpaired) electrons. The lowest BCUT2D eigenvalue weighted by Gasteiger charge is -2.09. The molecule has 0 atom stereocenters. The van der Waals surface area contributed by atoms with Gasteiger partial charge in [-0.15, -0.1) is 0 Å². The average Bonchev–Trinajstić information content (AvgIpc) is 2.46. The van der Waals surface area contributed by atoms with Crippen molar-refractivity contribution in [3.8, 4) is 11.5 Å². The van der Waals surface area contributed by atoms with E-state index in [0.717, 1.165) is 16.9 Å². The predicted octanol–water partition coefficient (Wildman–Crippen LogP) is 5.57. The minimum atomic E-state index is 0.489. The second kappa shape index (κ2) is 7.39. The van der Waals surface area contributed by atoms with Crippen LogP contribution in [0.4, 0.5) is 0 Å². The number of para-hydroxylation sites is 1. The third-order valence-electron chi connectivity index (χ3n) is 2.90. The van der Waals surface area contributed by atoms with Crippen molar-refractivity contribution in [1.82, 2.24) is 0 Å². The summed E-state index contributed by atoms with van der Waals surface area (Å²) in [5.41, 5.74) is 1.80. The van der Waals surface area contributed by atoms with Gasteiger partial charge in [-0.05, 0) is 25.1 Å². The summed E-state index contributed by atoms with van der Waals surface area (Å²) in [6.45, 7) is 2.58. The zero-order chi connectivity index (χ0) is 15.2. The standard InChI is InChI=1S/C17H16Cl2O2/c1-3-21-16-7-5-4-6-12(16)8-9-13-10-14(18)11-15(19)17(13)20-2/h4-11H,3H2,1-2H3/b9-8+. The molecule has 0 saturated carbocycles. The zero-order valence-corrected chi connectivity index (χ0v) is 13.4. The lowest BCUT2D eigenvalue weighted by atomic mass is 10.1. The maximum absolute atomic E-state index is 6.13. The number of benzene rings is 2. The van der Waals surface area contributed by atoms with Crippen molar-refractivity contribution in [2.24, 2.45) is 0 Å². The molecule has 21 heavy (non-hydrogen) atoms. The van der Waals surface area contributed by atoms with Crippen LogP contribution < -0.4 is 9.47 Å². The Labute approximate surface area is 134 Å². The third-order valence-corrected chi connectivity index (χ3v) is 3.40. The maximum Gasteiger partial charge on any atom is 0.144 e. The topological polar surface area (TPSA) is 18.5 Å². The third kappa shape index (κ3) is 3.93.